The number of aliphatic hydroxyl groups is 1. The molecule has 196 valence electrons. The van der Waals surface area contributed by atoms with Gasteiger partial charge in [-0.2, -0.15) is 0 Å². The molecule has 0 bridgehead atoms. The number of fused-ring (bicyclic) bond motifs is 1. The SMILES string of the molecule is Cc1ncoc1COc1ccc2c(c1)CN[C@H]([C@H](O)CNC(=O)c1ccnc(NC3CCCCC3)c1)C2. The summed E-state index contributed by atoms with van der Waals surface area (Å²) in [6.45, 7) is 2.99. The summed E-state index contributed by atoms with van der Waals surface area (Å²) in [5, 5.41) is 20.5. The van der Waals surface area contributed by atoms with Gasteiger partial charge in [-0.25, -0.2) is 9.97 Å². The van der Waals surface area contributed by atoms with Gasteiger partial charge in [0.1, 0.15) is 18.2 Å². The lowest BCUT2D eigenvalue weighted by atomic mass is 9.92. The number of carbonyl (C=O) groups is 1. The van der Waals surface area contributed by atoms with E-state index in [9.17, 15) is 9.90 Å². The molecule has 4 N–H and O–H groups in total. The summed E-state index contributed by atoms with van der Waals surface area (Å²) in [6, 6.07) is 9.74. The molecule has 0 spiro atoms. The van der Waals surface area contributed by atoms with Crippen molar-refractivity contribution in [1.82, 2.24) is 20.6 Å². The molecule has 1 aromatic carbocycles. The minimum atomic E-state index is -0.718. The number of aryl methyl sites for hydroxylation is 1. The largest absolute Gasteiger partial charge is 0.486 e. The molecule has 0 radical (unpaired) electrons. The van der Waals surface area contributed by atoms with Crippen LogP contribution in [0.2, 0.25) is 0 Å². The minimum Gasteiger partial charge on any atom is -0.486 e. The van der Waals surface area contributed by atoms with Gasteiger partial charge < -0.3 is 30.2 Å². The second-order valence-corrected chi connectivity index (χ2v) is 9.96. The average molecular weight is 506 g/mol. The molecular formula is C28H35N5O4. The summed E-state index contributed by atoms with van der Waals surface area (Å²) in [7, 11) is 0. The highest BCUT2D eigenvalue weighted by Crippen LogP contribution is 2.25. The number of aliphatic hydroxyl groups excluding tert-OH is 1. The monoisotopic (exact) mass is 505 g/mol. The van der Waals surface area contributed by atoms with Crippen LogP contribution in [0.3, 0.4) is 0 Å². The van der Waals surface area contributed by atoms with Crippen molar-refractivity contribution in [3.8, 4) is 5.75 Å². The molecule has 5 rings (SSSR count). The van der Waals surface area contributed by atoms with Crippen LogP contribution in [-0.4, -0.2) is 45.7 Å². The Morgan fingerprint density at radius 1 is 1.19 bits per heavy atom. The summed E-state index contributed by atoms with van der Waals surface area (Å²) in [5.74, 6) is 1.99. The predicted octanol–water partition coefficient (Wildman–Crippen LogP) is 3.51. The Morgan fingerprint density at radius 2 is 2.05 bits per heavy atom. The van der Waals surface area contributed by atoms with Crippen LogP contribution < -0.4 is 20.7 Å². The van der Waals surface area contributed by atoms with Crippen LogP contribution in [0.15, 0.2) is 47.3 Å². The number of hydrogen-bond acceptors (Lipinski definition) is 8. The Balaban J connectivity index is 1.11. The summed E-state index contributed by atoms with van der Waals surface area (Å²) in [4.78, 5) is 21.2. The zero-order chi connectivity index (χ0) is 25.6. The molecule has 1 amide bonds. The van der Waals surface area contributed by atoms with E-state index in [1.165, 1.54) is 25.7 Å². The van der Waals surface area contributed by atoms with Crippen molar-refractivity contribution in [3.05, 3.63) is 71.1 Å². The number of nitrogens with one attached hydrogen (secondary N) is 3. The molecular weight excluding hydrogens is 470 g/mol. The normalized spacial score (nSPS) is 18.6. The van der Waals surface area contributed by atoms with E-state index < -0.39 is 6.10 Å². The highest BCUT2D eigenvalue weighted by molar-refractivity contribution is 5.94. The molecule has 2 aliphatic rings. The summed E-state index contributed by atoms with van der Waals surface area (Å²) >= 11 is 0. The molecule has 9 heteroatoms. The number of nitrogens with zero attached hydrogens (tertiary/aromatic N) is 2. The van der Waals surface area contributed by atoms with Gasteiger partial charge in [0.2, 0.25) is 0 Å². The third kappa shape index (κ3) is 6.47. The Kier molecular flexibility index (Phi) is 8.01. The quantitative estimate of drug-likeness (QED) is 0.349. The van der Waals surface area contributed by atoms with Gasteiger partial charge in [0.05, 0.1) is 11.8 Å². The molecule has 1 fully saturated rings. The zero-order valence-electron chi connectivity index (χ0n) is 21.2. The molecule has 0 unspecified atom stereocenters. The third-order valence-corrected chi connectivity index (χ3v) is 7.30. The Bertz CT molecular complexity index is 1210. The van der Waals surface area contributed by atoms with Crippen molar-refractivity contribution < 1.29 is 19.1 Å². The first-order chi connectivity index (χ1) is 18.0. The van der Waals surface area contributed by atoms with Gasteiger partial charge >= 0.3 is 0 Å². The predicted molar refractivity (Wildman–Crippen MR) is 139 cm³/mol. The number of aromatic nitrogens is 2. The third-order valence-electron chi connectivity index (χ3n) is 7.30. The van der Waals surface area contributed by atoms with Crippen LogP contribution in [-0.2, 0) is 19.6 Å². The van der Waals surface area contributed by atoms with Crippen LogP contribution in [0.25, 0.3) is 0 Å². The fourth-order valence-electron chi connectivity index (χ4n) is 5.04. The first kappa shape index (κ1) is 25.2. The lowest BCUT2D eigenvalue weighted by molar-refractivity contribution is 0.0870. The molecule has 1 saturated carbocycles. The van der Waals surface area contributed by atoms with E-state index in [4.69, 9.17) is 9.15 Å². The minimum absolute atomic E-state index is 0.155. The molecule has 3 aromatic rings. The van der Waals surface area contributed by atoms with Gasteiger partial charge in [-0.15, -0.1) is 0 Å². The number of pyridine rings is 1. The van der Waals surface area contributed by atoms with Gasteiger partial charge in [0, 0.05) is 36.9 Å². The highest BCUT2D eigenvalue weighted by Gasteiger charge is 2.25. The number of ether oxygens (including phenoxy) is 1. The van der Waals surface area contributed by atoms with E-state index in [1.807, 2.05) is 25.1 Å². The highest BCUT2D eigenvalue weighted by atomic mass is 16.5. The zero-order valence-corrected chi connectivity index (χ0v) is 21.2. The van der Waals surface area contributed by atoms with Gasteiger partial charge in [-0.1, -0.05) is 25.3 Å². The van der Waals surface area contributed by atoms with Crippen molar-refractivity contribution in [1.29, 1.82) is 0 Å². The standard InChI is InChI=1S/C28H35N5O4/c1-18-26(37-17-32-18)16-36-23-8-7-19-12-24(30-14-21(19)11-23)25(34)15-31-28(35)20-9-10-29-27(13-20)33-22-5-3-2-4-6-22/h7-11,13,17,22,24-25,30,34H,2-6,12,14-16H2,1H3,(H,29,33)(H,31,35)/t24-,25+/m0/s1. The summed E-state index contributed by atoms with van der Waals surface area (Å²) in [6.07, 6.45) is 9.04. The molecule has 1 aliphatic heterocycles. The Hall–Kier alpha value is -3.43. The van der Waals surface area contributed by atoms with E-state index in [0.29, 0.717) is 36.9 Å². The fourth-order valence-corrected chi connectivity index (χ4v) is 5.04. The van der Waals surface area contributed by atoms with Gasteiger partial charge in [0.25, 0.3) is 5.91 Å². The lowest BCUT2D eigenvalue weighted by Crippen LogP contribution is -2.49. The topological polar surface area (TPSA) is 122 Å². The van der Waals surface area contributed by atoms with E-state index in [0.717, 1.165) is 41.2 Å². The van der Waals surface area contributed by atoms with E-state index in [-0.39, 0.29) is 18.5 Å². The molecule has 37 heavy (non-hydrogen) atoms. The number of oxazole rings is 1. The van der Waals surface area contributed by atoms with Crippen molar-refractivity contribution in [2.45, 2.75) is 76.8 Å². The van der Waals surface area contributed by atoms with Gasteiger partial charge in [0.15, 0.2) is 12.2 Å². The summed E-state index contributed by atoms with van der Waals surface area (Å²) < 4.78 is 11.2. The smallest absolute Gasteiger partial charge is 0.251 e. The van der Waals surface area contributed by atoms with Crippen LogP contribution >= 0.6 is 0 Å². The second-order valence-electron chi connectivity index (χ2n) is 9.96. The number of carbonyl (C=O) groups excluding carboxylic acids is 1. The molecule has 2 atom stereocenters. The number of benzene rings is 1. The maximum Gasteiger partial charge on any atom is 0.251 e. The molecule has 3 heterocycles. The molecule has 1 aliphatic carbocycles. The molecule has 9 nitrogen and oxygen atoms in total. The first-order valence-electron chi connectivity index (χ1n) is 13.1. The number of rotatable bonds is 9. The maximum atomic E-state index is 12.8. The van der Waals surface area contributed by atoms with Crippen molar-refractivity contribution in [2.24, 2.45) is 0 Å². The second kappa shape index (κ2) is 11.7. The van der Waals surface area contributed by atoms with Crippen LogP contribution in [0.4, 0.5) is 5.82 Å². The van der Waals surface area contributed by atoms with Gasteiger partial charge in [-0.3, -0.25) is 4.79 Å². The molecule has 2 aromatic heterocycles. The number of amides is 1. The fraction of sp³-hybridized carbons (Fsp3) is 0.464. The van der Waals surface area contributed by atoms with E-state index in [2.05, 4.69) is 25.9 Å². The average Bonchev–Trinajstić information content (AvgIpc) is 3.35. The van der Waals surface area contributed by atoms with E-state index in [1.54, 1.807) is 18.3 Å². The van der Waals surface area contributed by atoms with Gasteiger partial charge in [-0.05, 0) is 61.6 Å². The van der Waals surface area contributed by atoms with Crippen molar-refractivity contribution >= 4 is 11.7 Å². The van der Waals surface area contributed by atoms with Crippen molar-refractivity contribution in [2.75, 3.05) is 11.9 Å². The number of hydrogen-bond donors (Lipinski definition) is 4. The molecule has 0 saturated heterocycles. The van der Waals surface area contributed by atoms with Crippen LogP contribution in [0.1, 0.15) is 65.0 Å². The van der Waals surface area contributed by atoms with E-state index >= 15 is 0 Å². The summed E-state index contributed by atoms with van der Waals surface area (Å²) in [5.41, 5.74) is 3.65. The van der Waals surface area contributed by atoms with Crippen LogP contribution in [0, 0.1) is 6.92 Å². The van der Waals surface area contributed by atoms with Crippen LogP contribution in [0.5, 0.6) is 5.75 Å². The maximum absolute atomic E-state index is 12.8. The Labute approximate surface area is 217 Å². The van der Waals surface area contributed by atoms with Crippen molar-refractivity contribution in [3.63, 3.8) is 0 Å². The first-order valence-corrected chi connectivity index (χ1v) is 13.1. The number of anilines is 1. The lowest BCUT2D eigenvalue weighted by Gasteiger charge is -2.30. The Morgan fingerprint density at radius 3 is 2.86 bits per heavy atom.